The van der Waals surface area contributed by atoms with Gasteiger partial charge in [-0.3, -0.25) is 19.3 Å². The Labute approximate surface area is 165 Å². The van der Waals surface area contributed by atoms with Gasteiger partial charge < -0.3 is 14.8 Å². The number of ether oxygens (including phenoxy) is 2. The summed E-state index contributed by atoms with van der Waals surface area (Å²) < 4.78 is 9.81. The van der Waals surface area contributed by atoms with Crippen molar-refractivity contribution in [1.82, 2.24) is 4.90 Å². The van der Waals surface area contributed by atoms with Gasteiger partial charge in [-0.25, -0.2) is 4.79 Å². The molecular weight excluding hydrogens is 384 g/mol. The molecule has 1 aliphatic rings. The molecule has 28 heavy (non-hydrogen) atoms. The molecule has 1 aromatic carbocycles. The molecule has 0 unspecified atom stereocenters. The van der Waals surface area contributed by atoms with Crippen LogP contribution < -0.4 is 5.32 Å². The van der Waals surface area contributed by atoms with Crippen molar-refractivity contribution in [3.8, 4) is 0 Å². The van der Waals surface area contributed by atoms with E-state index in [1.165, 1.54) is 13.2 Å². The lowest BCUT2D eigenvalue weighted by molar-refractivity contribution is -0.119. The first-order chi connectivity index (χ1) is 13.5. The lowest BCUT2D eigenvalue weighted by atomic mass is 10.1. The predicted octanol–water partition coefficient (Wildman–Crippen LogP) is 2.31. The van der Waals surface area contributed by atoms with Crippen molar-refractivity contribution < 1.29 is 28.7 Å². The highest BCUT2D eigenvalue weighted by molar-refractivity contribution is 7.16. The van der Waals surface area contributed by atoms with Crippen LogP contribution in [0.2, 0.25) is 0 Å². The van der Waals surface area contributed by atoms with Crippen molar-refractivity contribution in [3.63, 3.8) is 0 Å². The maximum absolute atomic E-state index is 12.5. The molecule has 2 heterocycles. The number of hydrogen-bond donors (Lipinski definition) is 1. The Morgan fingerprint density at radius 2 is 1.79 bits per heavy atom. The van der Waals surface area contributed by atoms with Gasteiger partial charge in [0.15, 0.2) is 0 Å². The summed E-state index contributed by atoms with van der Waals surface area (Å²) in [6, 6.07) is 8.12. The Morgan fingerprint density at radius 1 is 1.14 bits per heavy atom. The van der Waals surface area contributed by atoms with Crippen LogP contribution in [0, 0.1) is 0 Å². The maximum atomic E-state index is 12.5. The van der Waals surface area contributed by atoms with E-state index >= 15 is 0 Å². The number of carbonyl (C=O) groups is 4. The zero-order chi connectivity index (χ0) is 20.3. The van der Waals surface area contributed by atoms with Crippen molar-refractivity contribution in [2.45, 2.75) is 13.5 Å². The van der Waals surface area contributed by atoms with E-state index < -0.39 is 23.7 Å². The van der Waals surface area contributed by atoms with Crippen LogP contribution >= 0.6 is 11.3 Å². The van der Waals surface area contributed by atoms with Crippen LogP contribution in [-0.2, 0) is 20.8 Å². The molecule has 146 valence electrons. The smallest absolute Gasteiger partial charge is 0.341 e. The number of nitrogens with one attached hydrogen (secondary N) is 1. The van der Waals surface area contributed by atoms with E-state index in [4.69, 9.17) is 9.47 Å². The highest BCUT2D eigenvalue weighted by Crippen LogP contribution is 2.32. The van der Waals surface area contributed by atoms with E-state index in [1.807, 2.05) is 0 Å². The lowest BCUT2D eigenvalue weighted by Gasteiger charge is -2.12. The van der Waals surface area contributed by atoms with Crippen LogP contribution in [0.1, 0.15) is 42.9 Å². The van der Waals surface area contributed by atoms with Gasteiger partial charge in [0, 0.05) is 12.0 Å². The standard InChI is InChI=1S/C19H18N2O6S/c1-3-27-19(25)14-8-11(28-16(14)20-15(22)10-26-2)9-21-17(23)12-6-4-5-7-13(12)18(21)24/h4-8H,3,9-10H2,1-2H3,(H,20,22). The van der Waals surface area contributed by atoms with Gasteiger partial charge in [0.2, 0.25) is 0 Å². The molecule has 0 spiro atoms. The molecule has 3 amide bonds. The summed E-state index contributed by atoms with van der Waals surface area (Å²) in [6.45, 7) is 1.67. The average molecular weight is 402 g/mol. The van der Waals surface area contributed by atoms with Crippen molar-refractivity contribution in [2.24, 2.45) is 0 Å². The third kappa shape index (κ3) is 3.80. The Balaban J connectivity index is 1.86. The van der Waals surface area contributed by atoms with E-state index in [9.17, 15) is 19.2 Å². The summed E-state index contributed by atoms with van der Waals surface area (Å²) >= 11 is 1.10. The summed E-state index contributed by atoms with van der Waals surface area (Å²) in [4.78, 5) is 50.8. The van der Waals surface area contributed by atoms with E-state index in [0.29, 0.717) is 16.0 Å². The fraction of sp³-hybridized carbons (Fsp3) is 0.263. The Bertz CT molecular complexity index is 917. The maximum Gasteiger partial charge on any atom is 0.341 e. The van der Waals surface area contributed by atoms with Crippen LogP contribution in [0.4, 0.5) is 5.00 Å². The molecule has 1 N–H and O–H groups in total. The largest absolute Gasteiger partial charge is 0.462 e. The molecule has 0 bridgehead atoms. The third-order valence-corrected chi connectivity index (χ3v) is 5.03. The number of hydrogen-bond acceptors (Lipinski definition) is 7. The zero-order valence-corrected chi connectivity index (χ0v) is 16.1. The highest BCUT2D eigenvalue weighted by atomic mass is 32.1. The summed E-state index contributed by atoms with van der Waals surface area (Å²) in [5.74, 6) is -1.81. The first kappa shape index (κ1) is 19.7. The molecule has 2 aromatic rings. The zero-order valence-electron chi connectivity index (χ0n) is 15.3. The van der Waals surface area contributed by atoms with E-state index in [-0.39, 0.29) is 30.3 Å². The van der Waals surface area contributed by atoms with Crippen LogP contribution in [0.25, 0.3) is 0 Å². The van der Waals surface area contributed by atoms with Gasteiger partial charge in [-0.2, -0.15) is 0 Å². The molecule has 0 aliphatic carbocycles. The molecule has 1 aliphatic heterocycles. The monoisotopic (exact) mass is 402 g/mol. The predicted molar refractivity (Wildman–Crippen MR) is 101 cm³/mol. The van der Waals surface area contributed by atoms with Gasteiger partial charge in [0.25, 0.3) is 17.7 Å². The van der Waals surface area contributed by atoms with Crippen LogP contribution in [0.3, 0.4) is 0 Å². The topological polar surface area (TPSA) is 102 Å². The summed E-state index contributed by atoms with van der Waals surface area (Å²) in [6.07, 6.45) is 0. The number of amides is 3. The molecule has 3 rings (SSSR count). The molecule has 0 saturated carbocycles. The number of anilines is 1. The van der Waals surface area contributed by atoms with Gasteiger partial charge in [-0.1, -0.05) is 12.1 Å². The number of benzene rings is 1. The quantitative estimate of drug-likeness (QED) is 0.563. The van der Waals surface area contributed by atoms with Crippen molar-refractivity contribution in [2.75, 3.05) is 25.6 Å². The molecule has 1 aromatic heterocycles. The second kappa shape index (κ2) is 8.32. The molecule has 0 radical (unpaired) electrons. The highest BCUT2D eigenvalue weighted by Gasteiger charge is 2.35. The van der Waals surface area contributed by atoms with Gasteiger partial charge in [-0.05, 0) is 25.1 Å². The van der Waals surface area contributed by atoms with Crippen LogP contribution in [0.15, 0.2) is 30.3 Å². The van der Waals surface area contributed by atoms with Crippen LogP contribution in [0.5, 0.6) is 0 Å². The molecule has 0 fully saturated rings. The number of fused-ring (bicyclic) bond motifs is 1. The number of esters is 1. The van der Waals surface area contributed by atoms with Crippen molar-refractivity contribution in [1.29, 1.82) is 0 Å². The number of rotatable bonds is 7. The molecular formula is C19H18N2O6S. The first-order valence-electron chi connectivity index (χ1n) is 8.50. The second-order valence-electron chi connectivity index (χ2n) is 5.90. The van der Waals surface area contributed by atoms with Gasteiger partial charge in [0.1, 0.15) is 11.6 Å². The normalized spacial score (nSPS) is 12.9. The number of carbonyl (C=O) groups excluding carboxylic acids is 4. The number of imide groups is 1. The minimum Gasteiger partial charge on any atom is -0.462 e. The van der Waals surface area contributed by atoms with Crippen molar-refractivity contribution >= 4 is 40.0 Å². The minimum absolute atomic E-state index is 0.0104. The Hall–Kier alpha value is -3.04. The first-order valence-corrected chi connectivity index (χ1v) is 9.31. The van der Waals surface area contributed by atoms with Gasteiger partial charge >= 0.3 is 5.97 Å². The molecule has 0 atom stereocenters. The fourth-order valence-corrected chi connectivity index (χ4v) is 3.86. The average Bonchev–Trinajstić information content (AvgIpc) is 3.17. The van der Waals surface area contributed by atoms with E-state index in [0.717, 1.165) is 16.2 Å². The number of methoxy groups -OCH3 is 1. The molecule has 0 saturated heterocycles. The summed E-state index contributed by atoms with van der Waals surface area (Å²) in [7, 11) is 1.38. The summed E-state index contributed by atoms with van der Waals surface area (Å²) in [5.41, 5.74) is 0.870. The van der Waals surface area contributed by atoms with Gasteiger partial charge in [-0.15, -0.1) is 11.3 Å². The lowest BCUT2D eigenvalue weighted by Crippen LogP contribution is -2.28. The van der Waals surface area contributed by atoms with Crippen molar-refractivity contribution in [3.05, 3.63) is 51.9 Å². The number of thiophene rings is 1. The number of nitrogens with zero attached hydrogens (tertiary/aromatic N) is 1. The van der Waals surface area contributed by atoms with E-state index in [2.05, 4.69) is 5.32 Å². The minimum atomic E-state index is -0.597. The second-order valence-corrected chi connectivity index (χ2v) is 7.04. The van der Waals surface area contributed by atoms with Crippen LogP contribution in [-0.4, -0.2) is 48.9 Å². The molecule has 8 nitrogen and oxygen atoms in total. The Morgan fingerprint density at radius 3 is 2.36 bits per heavy atom. The summed E-state index contributed by atoms with van der Waals surface area (Å²) in [5, 5.41) is 2.89. The Kier molecular flexibility index (Phi) is 5.86. The van der Waals surface area contributed by atoms with Gasteiger partial charge in [0.05, 0.1) is 29.8 Å². The SMILES string of the molecule is CCOC(=O)c1cc(CN2C(=O)c3ccccc3C2=O)sc1NC(=O)COC. The fourth-order valence-electron chi connectivity index (χ4n) is 2.81. The third-order valence-electron chi connectivity index (χ3n) is 4.00. The van der Waals surface area contributed by atoms with E-state index in [1.54, 1.807) is 31.2 Å². The molecule has 9 heteroatoms.